The zero-order valence-electron chi connectivity index (χ0n) is 13.6. The molecule has 0 aliphatic carbocycles. The van der Waals surface area contributed by atoms with Crippen molar-refractivity contribution in [1.82, 2.24) is 15.0 Å². The van der Waals surface area contributed by atoms with Gasteiger partial charge in [-0.25, -0.2) is 9.37 Å². The van der Waals surface area contributed by atoms with Gasteiger partial charge in [-0.05, 0) is 59.7 Å². The fourth-order valence-electron chi connectivity index (χ4n) is 2.87. The van der Waals surface area contributed by atoms with Gasteiger partial charge >= 0.3 is 0 Å². The summed E-state index contributed by atoms with van der Waals surface area (Å²) in [6, 6.07) is 13.0. The van der Waals surface area contributed by atoms with Crippen molar-refractivity contribution in [2.24, 2.45) is 0 Å². The van der Waals surface area contributed by atoms with Gasteiger partial charge in [0.1, 0.15) is 11.6 Å². The third kappa shape index (κ3) is 3.39. The predicted octanol–water partition coefficient (Wildman–Crippen LogP) is 6.05. The number of H-pyrrole nitrogens is 1. The first-order valence-corrected chi connectivity index (χ1v) is 9.01. The standard InChI is InChI=1S/C19H11Cl2FN4S/c20-10-3-6-14(21)13(7-10)15-8-12(9-1-4-11(22)5-2-9)16-17(23)25-19(27)26-18(16)24-15/h1-8H,(H3,23,24,25,26,27). The van der Waals surface area contributed by atoms with Crippen LogP contribution in [0.3, 0.4) is 0 Å². The Labute approximate surface area is 168 Å². The molecule has 0 fully saturated rings. The number of benzene rings is 2. The van der Waals surface area contributed by atoms with Gasteiger partial charge in [0.2, 0.25) is 0 Å². The Bertz CT molecular complexity index is 1240. The minimum absolute atomic E-state index is 0.215. The molecular weight excluding hydrogens is 406 g/mol. The molecule has 0 aliphatic heterocycles. The Morgan fingerprint density at radius 3 is 2.44 bits per heavy atom. The molecule has 134 valence electrons. The van der Waals surface area contributed by atoms with Crippen LogP contribution in [0.4, 0.5) is 10.2 Å². The van der Waals surface area contributed by atoms with Crippen LogP contribution < -0.4 is 5.73 Å². The summed E-state index contributed by atoms with van der Waals surface area (Å²) in [6.07, 6.45) is 0. The number of nitrogens with zero attached hydrogens (tertiary/aromatic N) is 2. The van der Waals surface area contributed by atoms with E-state index in [1.165, 1.54) is 12.1 Å². The normalized spacial score (nSPS) is 11.1. The van der Waals surface area contributed by atoms with Crippen LogP contribution in [-0.2, 0) is 0 Å². The number of hydrogen-bond acceptors (Lipinski definition) is 4. The number of fused-ring (bicyclic) bond motifs is 1. The fourth-order valence-corrected chi connectivity index (χ4v) is 3.45. The lowest BCUT2D eigenvalue weighted by Gasteiger charge is -2.12. The number of pyridine rings is 1. The number of nitrogen functional groups attached to an aromatic ring is 1. The molecule has 4 rings (SSSR count). The van der Waals surface area contributed by atoms with Crippen LogP contribution in [0.2, 0.25) is 10.0 Å². The van der Waals surface area contributed by atoms with Gasteiger partial charge in [-0.2, -0.15) is 4.98 Å². The van der Waals surface area contributed by atoms with E-state index in [4.69, 9.17) is 41.2 Å². The average molecular weight is 417 g/mol. The van der Waals surface area contributed by atoms with Crippen LogP contribution in [0.5, 0.6) is 0 Å². The van der Waals surface area contributed by atoms with Gasteiger partial charge in [-0.1, -0.05) is 35.3 Å². The first kappa shape index (κ1) is 17.9. The van der Waals surface area contributed by atoms with E-state index < -0.39 is 0 Å². The third-order valence-corrected chi connectivity index (χ3v) is 4.84. The van der Waals surface area contributed by atoms with E-state index in [1.54, 1.807) is 30.3 Å². The first-order chi connectivity index (χ1) is 12.9. The summed E-state index contributed by atoms with van der Waals surface area (Å²) in [7, 11) is 0. The molecule has 2 heterocycles. The second-order valence-electron chi connectivity index (χ2n) is 5.84. The van der Waals surface area contributed by atoms with Crippen LogP contribution in [0, 0.1) is 10.6 Å². The van der Waals surface area contributed by atoms with E-state index in [1.807, 2.05) is 6.07 Å². The zero-order valence-corrected chi connectivity index (χ0v) is 16.0. The van der Waals surface area contributed by atoms with Gasteiger partial charge in [-0.3, -0.25) is 0 Å². The van der Waals surface area contributed by atoms with Crippen LogP contribution >= 0.6 is 35.4 Å². The minimum atomic E-state index is -0.333. The van der Waals surface area contributed by atoms with E-state index in [2.05, 4.69) is 15.0 Å². The Balaban J connectivity index is 2.09. The largest absolute Gasteiger partial charge is 0.385 e. The van der Waals surface area contributed by atoms with Gasteiger partial charge in [0.05, 0.1) is 16.1 Å². The van der Waals surface area contributed by atoms with Crippen LogP contribution in [0.15, 0.2) is 48.5 Å². The molecule has 0 unspecified atom stereocenters. The topological polar surface area (TPSA) is 67.6 Å². The van der Waals surface area contributed by atoms with Crippen molar-refractivity contribution >= 4 is 52.3 Å². The second kappa shape index (κ2) is 6.88. The first-order valence-electron chi connectivity index (χ1n) is 7.84. The van der Waals surface area contributed by atoms with Crippen molar-refractivity contribution < 1.29 is 4.39 Å². The molecule has 0 radical (unpaired) electrons. The highest BCUT2D eigenvalue weighted by Gasteiger charge is 2.15. The van der Waals surface area contributed by atoms with E-state index >= 15 is 0 Å². The average Bonchev–Trinajstić information content (AvgIpc) is 2.63. The highest BCUT2D eigenvalue weighted by atomic mass is 35.5. The number of anilines is 1. The summed E-state index contributed by atoms with van der Waals surface area (Å²) in [6.45, 7) is 0. The molecule has 2 aromatic heterocycles. The summed E-state index contributed by atoms with van der Waals surface area (Å²) < 4.78 is 13.6. The molecule has 0 bridgehead atoms. The second-order valence-corrected chi connectivity index (χ2v) is 7.07. The summed E-state index contributed by atoms with van der Waals surface area (Å²) in [5.41, 5.74) is 9.19. The molecule has 0 amide bonds. The van der Waals surface area contributed by atoms with Crippen molar-refractivity contribution in [2.75, 3.05) is 5.73 Å². The van der Waals surface area contributed by atoms with Crippen molar-refractivity contribution in [3.05, 3.63) is 69.2 Å². The quantitative estimate of drug-likeness (QED) is 0.390. The van der Waals surface area contributed by atoms with E-state index in [9.17, 15) is 4.39 Å². The predicted molar refractivity (Wildman–Crippen MR) is 110 cm³/mol. The molecule has 0 saturated heterocycles. The molecular formula is C19H11Cl2FN4S. The Hall–Kier alpha value is -2.54. The van der Waals surface area contributed by atoms with Crippen LogP contribution in [-0.4, -0.2) is 15.0 Å². The van der Waals surface area contributed by atoms with Crippen LogP contribution in [0.25, 0.3) is 33.4 Å². The number of aromatic amines is 1. The lowest BCUT2D eigenvalue weighted by Crippen LogP contribution is -2.00. The monoisotopic (exact) mass is 416 g/mol. The molecule has 0 spiro atoms. The fraction of sp³-hybridized carbons (Fsp3) is 0. The Morgan fingerprint density at radius 2 is 1.70 bits per heavy atom. The molecule has 0 saturated carbocycles. The lowest BCUT2D eigenvalue weighted by molar-refractivity contribution is 0.628. The van der Waals surface area contributed by atoms with Crippen molar-refractivity contribution in [3.63, 3.8) is 0 Å². The van der Waals surface area contributed by atoms with Crippen LogP contribution in [0.1, 0.15) is 0 Å². The van der Waals surface area contributed by atoms with Gasteiger partial charge < -0.3 is 10.7 Å². The number of aromatic nitrogens is 3. The van der Waals surface area contributed by atoms with Gasteiger partial charge in [0.25, 0.3) is 0 Å². The molecule has 0 aliphatic rings. The minimum Gasteiger partial charge on any atom is -0.385 e. The van der Waals surface area contributed by atoms with E-state index in [0.717, 1.165) is 11.1 Å². The molecule has 27 heavy (non-hydrogen) atoms. The highest BCUT2D eigenvalue weighted by molar-refractivity contribution is 7.71. The number of hydrogen-bond donors (Lipinski definition) is 2. The number of rotatable bonds is 2. The van der Waals surface area contributed by atoms with E-state index in [0.29, 0.717) is 38.2 Å². The Morgan fingerprint density at radius 1 is 0.963 bits per heavy atom. The maximum atomic E-state index is 13.4. The van der Waals surface area contributed by atoms with Crippen molar-refractivity contribution in [2.45, 2.75) is 0 Å². The van der Waals surface area contributed by atoms with E-state index in [-0.39, 0.29) is 10.6 Å². The van der Waals surface area contributed by atoms with Crippen molar-refractivity contribution in [1.29, 1.82) is 0 Å². The summed E-state index contributed by atoms with van der Waals surface area (Å²) in [5.74, 6) is 0.00120. The molecule has 4 nitrogen and oxygen atoms in total. The molecule has 4 aromatic rings. The Kier molecular flexibility index (Phi) is 4.55. The molecule has 2 aromatic carbocycles. The molecule has 8 heteroatoms. The maximum absolute atomic E-state index is 13.4. The van der Waals surface area contributed by atoms with Gasteiger partial charge in [-0.15, -0.1) is 0 Å². The number of halogens is 3. The zero-order chi connectivity index (χ0) is 19.1. The highest BCUT2D eigenvalue weighted by Crippen LogP contribution is 2.36. The maximum Gasteiger partial charge on any atom is 0.200 e. The third-order valence-electron chi connectivity index (χ3n) is 4.08. The van der Waals surface area contributed by atoms with Crippen molar-refractivity contribution in [3.8, 4) is 22.4 Å². The lowest BCUT2D eigenvalue weighted by atomic mass is 10.00. The van der Waals surface area contributed by atoms with Gasteiger partial charge in [0, 0.05) is 10.6 Å². The van der Waals surface area contributed by atoms with Gasteiger partial charge in [0.15, 0.2) is 10.4 Å². The number of nitrogens with one attached hydrogen (secondary N) is 1. The summed E-state index contributed by atoms with van der Waals surface area (Å²) in [4.78, 5) is 11.7. The molecule has 0 atom stereocenters. The molecule has 3 N–H and O–H groups in total. The summed E-state index contributed by atoms with van der Waals surface area (Å²) >= 11 is 17.6. The smallest absolute Gasteiger partial charge is 0.200 e. The SMILES string of the molecule is Nc1[nH]c(=S)nc2nc(-c3cc(Cl)ccc3Cl)cc(-c3ccc(F)cc3)c12. The summed E-state index contributed by atoms with van der Waals surface area (Å²) in [5, 5.41) is 1.61. The number of nitrogens with two attached hydrogens (primary N) is 1.